The number of aromatic nitrogens is 2. The molecule has 1 aliphatic heterocycles. The van der Waals surface area contributed by atoms with Crippen molar-refractivity contribution in [3.05, 3.63) is 82.9 Å². The van der Waals surface area contributed by atoms with Gasteiger partial charge in [0.15, 0.2) is 0 Å². The first-order valence-corrected chi connectivity index (χ1v) is 12.1. The predicted octanol–water partition coefficient (Wildman–Crippen LogP) is 4.33. The summed E-state index contributed by atoms with van der Waals surface area (Å²) in [7, 11) is 0. The fraction of sp³-hybridized carbons (Fsp3) is 0.192. The molecule has 0 unspecified atom stereocenters. The Morgan fingerprint density at radius 1 is 0.914 bits per heavy atom. The van der Waals surface area contributed by atoms with E-state index >= 15 is 0 Å². The van der Waals surface area contributed by atoms with Gasteiger partial charge in [0.2, 0.25) is 11.0 Å². The lowest BCUT2D eigenvalue weighted by molar-refractivity contribution is -0.116. The van der Waals surface area contributed by atoms with Gasteiger partial charge >= 0.3 is 0 Å². The maximum atomic E-state index is 12.5. The molecule has 0 saturated heterocycles. The summed E-state index contributed by atoms with van der Waals surface area (Å²) in [5.41, 5.74) is 0.847. The lowest BCUT2D eigenvalue weighted by atomic mass is 10.1. The smallest absolute Gasteiger partial charge is 0.261 e. The Balaban J connectivity index is 1.06. The molecule has 0 atom stereocenters. The monoisotopic (exact) mass is 486 g/mol. The third kappa shape index (κ3) is 5.04. The summed E-state index contributed by atoms with van der Waals surface area (Å²) < 4.78 is 5.78. The minimum Gasteiger partial charge on any atom is -0.494 e. The van der Waals surface area contributed by atoms with Crippen LogP contribution in [0.25, 0.3) is 10.8 Å². The molecule has 176 valence electrons. The van der Waals surface area contributed by atoms with E-state index in [1.807, 2.05) is 42.5 Å². The minimum absolute atomic E-state index is 0.171. The Morgan fingerprint density at radius 2 is 1.63 bits per heavy atom. The van der Waals surface area contributed by atoms with Crippen LogP contribution >= 0.6 is 11.3 Å². The van der Waals surface area contributed by atoms with Gasteiger partial charge in [0, 0.05) is 19.4 Å². The first-order valence-electron chi connectivity index (χ1n) is 11.3. The first-order chi connectivity index (χ1) is 17.1. The molecule has 0 fully saturated rings. The molecule has 0 aliphatic carbocycles. The second-order valence-electron chi connectivity index (χ2n) is 8.07. The average Bonchev–Trinajstić information content (AvgIpc) is 3.42. The number of carbonyl (C=O) groups excluding carboxylic acids is 3. The van der Waals surface area contributed by atoms with E-state index in [2.05, 4.69) is 15.5 Å². The van der Waals surface area contributed by atoms with E-state index in [1.165, 1.54) is 16.2 Å². The summed E-state index contributed by atoms with van der Waals surface area (Å²) in [4.78, 5) is 38.4. The lowest BCUT2D eigenvalue weighted by Gasteiger charge is -2.12. The van der Waals surface area contributed by atoms with Gasteiger partial charge in [-0.05, 0) is 41.5 Å². The largest absolute Gasteiger partial charge is 0.494 e. The van der Waals surface area contributed by atoms with Gasteiger partial charge in [-0.2, -0.15) is 0 Å². The molecule has 0 spiro atoms. The molecule has 0 radical (unpaired) electrons. The van der Waals surface area contributed by atoms with Crippen LogP contribution in [0.15, 0.2) is 66.7 Å². The third-order valence-electron chi connectivity index (χ3n) is 5.68. The van der Waals surface area contributed by atoms with E-state index in [0.717, 1.165) is 16.5 Å². The maximum Gasteiger partial charge on any atom is 0.261 e. The zero-order valence-corrected chi connectivity index (χ0v) is 19.6. The Bertz CT molecular complexity index is 1380. The number of nitrogens with one attached hydrogen (secondary N) is 1. The van der Waals surface area contributed by atoms with Crippen LogP contribution in [0.2, 0.25) is 0 Å². The number of hydrogen-bond acceptors (Lipinski definition) is 7. The van der Waals surface area contributed by atoms with Crippen molar-refractivity contribution in [1.82, 2.24) is 15.1 Å². The summed E-state index contributed by atoms with van der Waals surface area (Å²) in [5, 5.41) is 14.1. The quantitative estimate of drug-likeness (QED) is 0.279. The summed E-state index contributed by atoms with van der Waals surface area (Å²) >= 11 is 1.23. The molecule has 1 aromatic heterocycles. The highest BCUT2D eigenvalue weighted by Crippen LogP contribution is 2.24. The lowest BCUT2D eigenvalue weighted by Crippen LogP contribution is -2.31. The van der Waals surface area contributed by atoms with Gasteiger partial charge in [0.05, 0.1) is 17.7 Å². The highest BCUT2D eigenvalue weighted by atomic mass is 32.1. The minimum atomic E-state index is -0.297. The van der Waals surface area contributed by atoms with Crippen molar-refractivity contribution in [2.24, 2.45) is 0 Å². The molecule has 3 aromatic carbocycles. The molecule has 1 N–H and O–H groups in total. The third-order valence-corrected chi connectivity index (χ3v) is 6.58. The topological polar surface area (TPSA) is 101 Å². The van der Waals surface area contributed by atoms with Crippen molar-refractivity contribution in [3.8, 4) is 5.75 Å². The number of rotatable bonds is 9. The van der Waals surface area contributed by atoms with E-state index in [9.17, 15) is 14.4 Å². The summed E-state index contributed by atoms with van der Waals surface area (Å²) in [6, 6.07) is 20.8. The van der Waals surface area contributed by atoms with Gasteiger partial charge in [0.25, 0.3) is 11.8 Å². The van der Waals surface area contributed by atoms with Gasteiger partial charge in [-0.3, -0.25) is 19.3 Å². The number of fused-ring (bicyclic) bond motifs is 2. The van der Waals surface area contributed by atoms with Crippen molar-refractivity contribution >= 4 is 45.0 Å². The zero-order valence-electron chi connectivity index (χ0n) is 18.8. The normalized spacial score (nSPS) is 12.7. The maximum absolute atomic E-state index is 12.5. The number of nitrogens with zero attached hydrogens (tertiary/aromatic N) is 3. The van der Waals surface area contributed by atoms with E-state index in [0.29, 0.717) is 40.7 Å². The molecule has 0 saturated carbocycles. The SMILES string of the molecule is O=C(CCCOc1ccc2ccccc2c1)Nc1nnc(CCN2C(=O)c3ccccc3C2=O)s1. The van der Waals surface area contributed by atoms with Gasteiger partial charge < -0.3 is 10.1 Å². The Morgan fingerprint density at radius 3 is 2.40 bits per heavy atom. The van der Waals surface area contributed by atoms with E-state index in [4.69, 9.17) is 4.74 Å². The van der Waals surface area contributed by atoms with Gasteiger partial charge in [0.1, 0.15) is 10.8 Å². The predicted molar refractivity (Wildman–Crippen MR) is 133 cm³/mol. The first kappa shape index (κ1) is 22.7. The number of hydrogen-bond donors (Lipinski definition) is 1. The molecule has 1 aliphatic rings. The van der Waals surface area contributed by atoms with Gasteiger partial charge in [-0.1, -0.05) is 53.8 Å². The average molecular weight is 487 g/mol. The molecule has 2 heterocycles. The molecular formula is C26H22N4O4S. The highest BCUT2D eigenvalue weighted by molar-refractivity contribution is 7.15. The molecule has 0 bridgehead atoms. The Hall–Kier alpha value is -4.11. The number of amides is 3. The number of carbonyl (C=O) groups is 3. The van der Waals surface area contributed by atoms with Gasteiger partial charge in [-0.15, -0.1) is 10.2 Å². The van der Waals surface area contributed by atoms with Gasteiger partial charge in [-0.25, -0.2) is 0 Å². The van der Waals surface area contributed by atoms with Crippen molar-refractivity contribution < 1.29 is 19.1 Å². The second-order valence-corrected chi connectivity index (χ2v) is 9.13. The van der Waals surface area contributed by atoms with Crippen LogP contribution in [0.1, 0.15) is 38.6 Å². The van der Waals surface area contributed by atoms with Crippen molar-refractivity contribution in [3.63, 3.8) is 0 Å². The van der Waals surface area contributed by atoms with Crippen LogP contribution in [-0.4, -0.2) is 46.0 Å². The number of benzene rings is 3. The standard InChI is InChI=1S/C26H22N4O4S/c31-22(10-5-15-34-19-12-11-17-6-1-2-7-18(17)16-19)27-26-29-28-23(35-26)13-14-30-24(32)20-8-3-4-9-21(20)25(30)33/h1-4,6-9,11-12,16H,5,10,13-15H2,(H,27,29,31). The Labute approximate surface area is 205 Å². The number of imide groups is 1. The number of ether oxygens (including phenoxy) is 1. The molecule has 35 heavy (non-hydrogen) atoms. The molecular weight excluding hydrogens is 464 g/mol. The van der Waals surface area contributed by atoms with E-state index in [1.54, 1.807) is 24.3 Å². The molecule has 9 heteroatoms. The van der Waals surface area contributed by atoms with Crippen molar-refractivity contribution in [2.75, 3.05) is 18.5 Å². The molecule has 4 aromatic rings. The fourth-order valence-electron chi connectivity index (χ4n) is 3.92. The van der Waals surface area contributed by atoms with Crippen molar-refractivity contribution in [2.45, 2.75) is 19.3 Å². The second kappa shape index (κ2) is 10.0. The van der Waals surface area contributed by atoms with Crippen LogP contribution < -0.4 is 10.1 Å². The van der Waals surface area contributed by atoms with Crippen LogP contribution in [-0.2, 0) is 11.2 Å². The molecule has 3 amide bonds. The van der Waals surface area contributed by atoms with Crippen LogP contribution in [0.5, 0.6) is 5.75 Å². The molecule has 5 rings (SSSR count). The van der Waals surface area contributed by atoms with Crippen LogP contribution in [0.4, 0.5) is 5.13 Å². The summed E-state index contributed by atoms with van der Waals surface area (Å²) in [5.74, 6) is 0.00944. The van der Waals surface area contributed by atoms with E-state index in [-0.39, 0.29) is 30.7 Å². The van der Waals surface area contributed by atoms with Crippen molar-refractivity contribution in [1.29, 1.82) is 0 Å². The summed E-state index contributed by atoms with van der Waals surface area (Å²) in [6.45, 7) is 0.633. The fourth-order valence-corrected chi connectivity index (χ4v) is 4.66. The zero-order chi connectivity index (χ0) is 24.2. The van der Waals surface area contributed by atoms with Crippen LogP contribution in [0, 0.1) is 0 Å². The highest BCUT2D eigenvalue weighted by Gasteiger charge is 2.34. The van der Waals surface area contributed by atoms with E-state index < -0.39 is 0 Å². The Kier molecular flexibility index (Phi) is 6.49. The number of anilines is 1. The molecule has 8 nitrogen and oxygen atoms in total. The van der Waals surface area contributed by atoms with Crippen LogP contribution in [0.3, 0.4) is 0 Å². The summed E-state index contributed by atoms with van der Waals surface area (Å²) in [6.07, 6.45) is 1.22.